The Morgan fingerprint density at radius 1 is 0.700 bits per heavy atom. The SMILES string of the molecule is CCc1cc(CC)cc(C([SiH2]c2cc(C)c(C)c(C)c2)C2C(C)=C(C)C(C)=C2C)c1. The van der Waals surface area contributed by atoms with Crippen molar-refractivity contribution < 1.29 is 0 Å². The van der Waals surface area contributed by atoms with E-state index < -0.39 is 9.52 Å². The fourth-order valence-electron chi connectivity index (χ4n) is 5.33. The van der Waals surface area contributed by atoms with Gasteiger partial charge in [0.15, 0.2) is 0 Å². The van der Waals surface area contributed by atoms with E-state index in [1.807, 2.05) is 0 Å². The van der Waals surface area contributed by atoms with Crippen LogP contribution in [0.1, 0.15) is 80.5 Å². The minimum Gasteiger partial charge on any atom is -0.0657 e. The summed E-state index contributed by atoms with van der Waals surface area (Å²) in [6, 6.07) is 12.4. The average molecular weight is 417 g/mol. The topological polar surface area (TPSA) is 0 Å². The molecular weight excluding hydrogens is 376 g/mol. The van der Waals surface area contributed by atoms with Crippen LogP contribution in [0.15, 0.2) is 52.6 Å². The zero-order valence-electron chi connectivity index (χ0n) is 20.7. The highest BCUT2D eigenvalue weighted by atomic mass is 28.2. The highest BCUT2D eigenvalue weighted by molar-refractivity contribution is 6.55. The summed E-state index contributed by atoms with van der Waals surface area (Å²) in [4.78, 5) is 0. The van der Waals surface area contributed by atoms with Gasteiger partial charge in [-0.2, -0.15) is 0 Å². The molecule has 0 amide bonds. The van der Waals surface area contributed by atoms with Crippen molar-refractivity contribution in [3.05, 3.63) is 86.0 Å². The number of hydrogen-bond donors (Lipinski definition) is 0. The number of allylic oxidation sites excluding steroid dienone is 4. The van der Waals surface area contributed by atoms with Gasteiger partial charge in [0, 0.05) is 5.92 Å². The van der Waals surface area contributed by atoms with Crippen LogP contribution >= 0.6 is 0 Å². The van der Waals surface area contributed by atoms with E-state index in [2.05, 4.69) is 92.6 Å². The predicted octanol–water partition coefficient (Wildman–Crippen LogP) is 6.57. The first-order chi connectivity index (χ1) is 14.2. The van der Waals surface area contributed by atoms with Gasteiger partial charge in [-0.1, -0.05) is 60.5 Å². The normalized spacial score (nSPS) is 16.4. The van der Waals surface area contributed by atoms with Gasteiger partial charge in [-0.3, -0.25) is 0 Å². The van der Waals surface area contributed by atoms with Gasteiger partial charge in [-0.15, -0.1) is 0 Å². The second-order valence-electron chi connectivity index (χ2n) is 9.55. The third kappa shape index (κ3) is 4.28. The number of benzene rings is 2. The minimum atomic E-state index is -0.508. The molecule has 3 rings (SSSR count). The lowest BCUT2D eigenvalue weighted by Gasteiger charge is -2.29. The second-order valence-corrected chi connectivity index (χ2v) is 11.7. The standard InChI is InChI=1S/C29H40Si/c1-10-24-14-25(11-2)16-26(15-24)29(28-22(8)20(6)21(7)23(28)9)30-27-12-17(3)19(5)18(4)13-27/h12-16,28-29H,10-11,30H2,1-9H3. The summed E-state index contributed by atoms with van der Waals surface area (Å²) in [5.41, 5.74) is 15.8. The molecular formula is C29H40Si. The third-order valence-corrected chi connectivity index (χ3v) is 10.1. The Morgan fingerprint density at radius 3 is 1.60 bits per heavy atom. The van der Waals surface area contributed by atoms with E-state index in [4.69, 9.17) is 0 Å². The molecule has 2 aromatic carbocycles. The molecule has 0 heterocycles. The van der Waals surface area contributed by atoms with E-state index in [0.717, 1.165) is 12.8 Å². The molecule has 1 heteroatoms. The largest absolute Gasteiger partial charge is 0.0657 e. The molecule has 1 aliphatic rings. The van der Waals surface area contributed by atoms with Crippen molar-refractivity contribution >= 4 is 14.7 Å². The Morgan fingerprint density at radius 2 is 1.17 bits per heavy atom. The Kier molecular flexibility index (Phi) is 6.92. The fraction of sp³-hybridized carbons (Fsp3) is 0.448. The first kappa shape index (κ1) is 22.8. The molecule has 0 nitrogen and oxygen atoms in total. The van der Waals surface area contributed by atoms with Crippen LogP contribution in [0.25, 0.3) is 0 Å². The average Bonchev–Trinajstić information content (AvgIpc) is 2.92. The molecule has 0 radical (unpaired) electrons. The van der Waals surface area contributed by atoms with Crippen molar-refractivity contribution in [2.45, 2.75) is 80.7 Å². The lowest BCUT2D eigenvalue weighted by Crippen LogP contribution is -2.29. The highest BCUT2D eigenvalue weighted by Crippen LogP contribution is 2.44. The summed E-state index contributed by atoms with van der Waals surface area (Å²) in [5.74, 6) is 0.565. The number of hydrogen-bond acceptors (Lipinski definition) is 0. The van der Waals surface area contributed by atoms with Crippen LogP contribution in [0.4, 0.5) is 0 Å². The molecule has 0 N–H and O–H groups in total. The molecule has 160 valence electrons. The Balaban J connectivity index is 2.16. The maximum absolute atomic E-state index is 2.52. The van der Waals surface area contributed by atoms with Crippen LogP contribution < -0.4 is 5.19 Å². The fourth-order valence-corrected chi connectivity index (χ4v) is 8.10. The van der Waals surface area contributed by atoms with Crippen molar-refractivity contribution in [2.24, 2.45) is 5.92 Å². The van der Waals surface area contributed by atoms with Crippen molar-refractivity contribution in [2.75, 3.05) is 0 Å². The van der Waals surface area contributed by atoms with Gasteiger partial charge < -0.3 is 0 Å². The van der Waals surface area contributed by atoms with Gasteiger partial charge in [0.25, 0.3) is 0 Å². The lowest BCUT2D eigenvalue weighted by atomic mass is 9.87. The molecule has 2 aromatic rings. The molecule has 1 unspecified atom stereocenters. The maximum atomic E-state index is 2.52. The molecule has 0 aliphatic heterocycles. The molecule has 0 fully saturated rings. The highest BCUT2D eigenvalue weighted by Gasteiger charge is 2.33. The van der Waals surface area contributed by atoms with Gasteiger partial charge in [0.2, 0.25) is 0 Å². The van der Waals surface area contributed by atoms with Gasteiger partial charge in [-0.25, -0.2) is 0 Å². The van der Waals surface area contributed by atoms with Crippen molar-refractivity contribution in [1.82, 2.24) is 0 Å². The first-order valence-corrected chi connectivity index (χ1v) is 13.2. The van der Waals surface area contributed by atoms with E-state index in [-0.39, 0.29) is 0 Å². The summed E-state index contributed by atoms with van der Waals surface area (Å²) < 4.78 is 0. The first-order valence-electron chi connectivity index (χ1n) is 11.7. The van der Waals surface area contributed by atoms with E-state index >= 15 is 0 Å². The number of rotatable bonds is 6. The van der Waals surface area contributed by atoms with E-state index in [1.54, 1.807) is 21.9 Å². The summed E-state index contributed by atoms with van der Waals surface area (Å²) in [6.07, 6.45) is 2.23. The summed E-state index contributed by atoms with van der Waals surface area (Å²) in [5, 5.41) is 1.61. The van der Waals surface area contributed by atoms with Gasteiger partial charge >= 0.3 is 0 Å². The quantitative estimate of drug-likeness (QED) is 0.467. The lowest BCUT2D eigenvalue weighted by molar-refractivity contribution is 0.685. The van der Waals surface area contributed by atoms with E-state index in [1.165, 1.54) is 39.0 Å². The Labute approximate surface area is 187 Å². The summed E-state index contributed by atoms with van der Waals surface area (Å²) >= 11 is 0. The van der Waals surface area contributed by atoms with Gasteiger partial charge in [0.05, 0.1) is 9.52 Å². The molecule has 0 saturated heterocycles. The van der Waals surface area contributed by atoms with Crippen molar-refractivity contribution in [1.29, 1.82) is 0 Å². The molecule has 30 heavy (non-hydrogen) atoms. The molecule has 1 aliphatic carbocycles. The molecule has 0 spiro atoms. The minimum absolute atomic E-state index is 0.508. The van der Waals surface area contributed by atoms with Crippen LogP contribution in [-0.2, 0) is 12.8 Å². The smallest absolute Gasteiger partial charge is 0.0636 e. The van der Waals surface area contributed by atoms with Crippen molar-refractivity contribution in [3.63, 3.8) is 0 Å². The molecule has 0 aromatic heterocycles. The van der Waals surface area contributed by atoms with Crippen molar-refractivity contribution in [3.8, 4) is 0 Å². The van der Waals surface area contributed by atoms with Crippen LogP contribution in [0.3, 0.4) is 0 Å². The molecule has 1 atom stereocenters. The predicted molar refractivity (Wildman–Crippen MR) is 137 cm³/mol. The van der Waals surface area contributed by atoms with Crippen LogP contribution in [0, 0.1) is 26.7 Å². The summed E-state index contributed by atoms with van der Waals surface area (Å²) in [6.45, 7) is 20.8. The second kappa shape index (κ2) is 9.10. The van der Waals surface area contributed by atoms with Crippen LogP contribution in [0.2, 0.25) is 0 Å². The van der Waals surface area contributed by atoms with E-state index in [9.17, 15) is 0 Å². The third-order valence-electron chi connectivity index (χ3n) is 7.84. The Bertz CT molecular complexity index is 949. The molecule has 0 saturated carbocycles. The number of aryl methyl sites for hydroxylation is 4. The molecule has 0 bridgehead atoms. The summed E-state index contributed by atoms with van der Waals surface area (Å²) in [7, 11) is -0.508. The van der Waals surface area contributed by atoms with Gasteiger partial charge in [-0.05, 0) is 111 Å². The maximum Gasteiger partial charge on any atom is 0.0636 e. The van der Waals surface area contributed by atoms with Crippen LogP contribution in [0.5, 0.6) is 0 Å². The van der Waals surface area contributed by atoms with E-state index in [0.29, 0.717) is 11.5 Å². The van der Waals surface area contributed by atoms with Gasteiger partial charge in [0.1, 0.15) is 0 Å². The zero-order chi connectivity index (χ0) is 22.2. The monoisotopic (exact) mass is 416 g/mol. The van der Waals surface area contributed by atoms with Crippen LogP contribution in [-0.4, -0.2) is 9.52 Å². The Hall–Kier alpha value is -1.86. The zero-order valence-corrected chi connectivity index (χ0v) is 22.1.